The molecule has 0 aromatic heterocycles. The number of carbonyl (C=O) groups excluding carboxylic acids is 2. The van der Waals surface area contributed by atoms with E-state index in [4.69, 9.17) is 4.74 Å². The molecule has 9 nitrogen and oxygen atoms in total. The van der Waals surface area contributed by atoms with Crippen molar-refractivity contribution in [3.8, 4) is 5.75 Å². The molecule has 1 heterocycles. The number of Topliss-reactive ketones (excluding diaryl/α,β-unsaturated/α-hetero) is 1. The number of aliphatic hydroxyl groups is 1. The summed E-state index contributed by atoms with van der Waals surface area (Å²) in [6.07, 6.45) is 0. The number of hydrogen-bond acceptors (Lipinski definition) is 7. The summed E-state index contributed by atoms with van der Waals surface area (Å²) >= 11 is 0. The minimum absolute atomic E-state index is 0.102. The molecule has 2 aromatic rings. The van der Waals surface area contributed by atoms with Crippen LogP contribution < -0.4 is 4.74 Å². The molecular weight excluding hydrogens is 402 g/mol. The molecule has 1 fully saturated rings. The Kier molecular flexibility index (Phi) is 6.36. The number of ether oxygens (including phenoxy) is 1. The number of likely N-dealkylation sites (N-methyl/N-ethyl adjacent to an activating group) is 1. The summed E-state index contributed by atoms with van der Waals surface area (Å²) in [7, 11) is 5.17. The van der Waals surface area contributed by atoms with Gasteiger partial charge in [-0.25, -0.2) is 0 Å². The van der Waals surface area contributed by atoms with Gasteiger partial charge in [-0.1, -0.05) is 12.1 Å². The summed E-state index contributed by atoms with van der Waals surface area (Å²) in [6, 6.07) is 11.2. The van der Waals surface area contributed by atoms with E-state index in [1.165, 1.54) is 30.2 Å². The van der Waals surface area contributed by atoms with Crippen LogP contribution in [0.5, 0.6) is 5.75 Å². The van der Waals surface area contributed by atoms with Crippen LogP contribution in [0.15, 0.2) is 54.1 Å². The Hall–Kier alpha value is -3.72. The Morgan fingerprint density at radius 2 is 1.87 bits per heavy atom. The van der Waals surface area contributed by atoms with Crippen molar-refractivity contribution >= 4 is 23.1 Å². The third-order valence-corrected chi connectivity index (χ3v) is 5.09. The van der Waals surface area contributed by atoms with Crippen LogP contribution in [0.3, 0.4) is 0 Å². The zero-order chi connectivity index (χ0) is 22.7. The normalized spacial score (nSPS) is 17.9. The highest BCUT2D eigenvalue weighted by Gasteiger charge is 2.46. The van der Waals surface area contributed by atoms with Crippen LogP contribution in [0, 0.1) is 10.1 Å². The quantitative estimate of drug-likeness (QED) is 0.238. The first-order chi connectivity index (χ1) is 14.7. The van der Waals surface area contributed by atoms with Crippen molar-refractivity contribution < 1.29 is 24.4 Å². The number of methoxy groups -OCH3 is 1. The average molecular weight is 425 g/mol. The van der Waals surface area contributed by atoms with Crippen LogP contribution in [0.4, 0.5) is 5.69 Å². The van der Waals surface area contributed by atoms with Crippen molar-refractivity contribution in [3.63, 3.8) is 0 Å². The predicted octanol–water partition coefficient (Wildman–Crippen LogP) is 2.59. The first kappa shape index (κ1) is 22.0. The van der Waals surface area contributed by atoms with Crippen LogP contribution in [0.25, 0.3) is 5.76 Å². The van der Waals surface area contributed by atoms with E-state index in [0.29, 0.717) is 23.4 Å². The van der Waals surface area contributed by atoms with E-state index in [0.717, 1.165) is 0 Å². The number of nitrogens with zero attached hydrogens (tertiary/aromatic N) is 3. The molecule has 1 aliphatic heterocycles. The molecule has 1 N–H and O–H groups in total. The van der Waals surface area contributed by atoms with E-state index in [2.05, 4.69) is 0 Å². The van der Waals surface area contributed by atoms with Gasteiger partial charge in [0, 0.05) is 30.8 Å². The third-order valence-electron chi connectivity index (χ3n) is 5.09. The number of non-ortho nitro benzene ring substituents is 1. The first-order valence-corrected chi connectivity index (χ1v) is 9.56. The van der Waals surface area contributed by atoms with Crippen molar-refractivity contribution in [2.24, 2.45) is 0 Å². The second kappa shape index (κ2) is 8.97. The summed E-state index contributed by atoms with van der Waals surface area (Å²) in [5.74, 6) is -1.36. The molecule has 2 aromatic carbocycles. The van der Waals surface area contributed by atoms with E-state index in [1.807, 2.05) is 19.0 Å². The Balaban J connectivity index is 2.16. The molecule has 1 saturated heterocycles. The van der Waals surface area contributed by atoms with Gasteiger partial charge in [0.1, 0.15) is 11.5 Å². The van der Waals surface area contributed by atoms with Crippen LogP contribution in [0.1, 0.15) is 17.2 Å². The van der Waals surface area contributed by atoms with Gasteiger partial charge in [-0.05, 0) is 43.9 Å². The molecule has 0 radical (unpaired) electrons. The lowest BCUT2D eigenvalue weighted by Crippen LogP contribution is -2.35. The lowest BCUT2D eigenvalue weighted by molar-refractivity contribution is -0.384. The average Bonchev–Trinajstić information content (AvgIpc) is 3.02. The minimum Gasteiger partial charge on any atom is -0.507 e. The molecule has 1 amide bonds. The fourth-order valence-electron chi connectivity index (χ4n) is 3.48. The minimum atomic E-state index is -0.943. The molecule has 1 unspecified atom stereocenters. The third kappa shape index (κ3) is 4.41. The van der Waals surface area contributed by atoms with Gasteiger partial charge < -0.3 is 19.6 Å². The maximum atomic E-state index is 12.9. The number of aliphatic hydroxyl groups excluding tert-OH is 1. The number of nitro groups is 1. The van der Waals surface area contributed by atoms with E-state index < -0.39 is 22.7 Å². The highest BCUT2D eigenvalue weighted by Crippen LogP contribution is 2.40. The Bertz CT molecular complexity index is 1050. The lowest BCUT2D eigenvalue weighted by atomic mass is 9.95. The van der Waals surface area contributed by atoms with Crippen molar-refractivity contribution in [1.82, 2.24) is 9.80 Å². The molecule has 1 atom stereocenters. The Morgan fingerprint density at radius 3 is 2.45 bits per heavy atom. The molecule has 0 saturated carbocycles. The molecule has 0 aliphatic carbocycles. The van der Waals surface area contributed by atoms with Crippen LogP contribution in [0.2, 0.25) is 0 Å². The number of benzene rings is 2. The molecule has 3 rings (SSSR count). The Morgan fingerprint density at radius 1 is 1.19 bits per heavy atom. The van der Waals surface area contributed by atoms with E-state index >= 15 is 0 Å². The summed E-state index contributed by atoms with van der Waals surface area (Å²) in [5.41, 5.74) is 0.443. The van der Waals surface area contributed by atoms with E-state index in [9.17, 15) is 24.8 Å². The molecular formula is C22H23N3O6. The van der Waals surface area contributed by atoms with Gasteiger partial charge in [0.05, 0.1) is 23.6 Å². The maximum absolute atomic E-state index is 12.9. The monoisotopic (exact) mass is 425 g/mol. The number of hydrogen-bond donors (Lipinski definition) is 1. The maximum Gasteiger partial charge on any atom is 0.295 e. The number of nitro benzene ring substituents is 1. The van der Waals surface area contributed by atoms with Gasteiger partial charge in [0.25, 0.3) is 17.4 Å². The number of carbonyl (C=O) groups is 2. The second-order valence-corrected chi connectivity index (χ2v) is 7.38. The predicted molar refractivity (Wildman–Crippen MR) is 114 cm³/mol. The highest BCUT2D eigenvalue weighted by molar-refractivity contribution is 6.46. The van der Waals surface area contributed by atoms with E-state index in [1.54, 1.807) is 30.3 Å². The van der Waals surface area contributed by atoms with Crippen LogP contribution in [-0.2, 0) is 9.59 Å². The molecule has 9 heteroatoms. The van der Waals surface area contributed by atoms with E-state index in [-0.39, 0.29) is 23.6 Å². The molecule has 31 heavy (non-hydrogen) atoms. The van der Waals surface area contributed by atoms with Crippen molar-refractivity contribution in [1.29, 1.82) is 0 Å². The lowest BCUT2D eigenvalue weighted by Gasteiger charge is -2.26. The topological polar surface area (TPSA) is 113 Å². The molecule has 162 valence electrons. The zero-order valence-corrected chi connectivity index (χ0v) is 17.4. The van der Waals surface area contributed by atoms with Gasteiger partial charge in [0.15, 0.2) is 0 Å². The number of rotatable bonds is 7. The van der Waals surface area contributed by atoms with Gasteiger partial charge in [-0.15, -0.1) is 0 Å². The zero-order valence-electron chi connectivity index (χ0n) is 17.4. The summed E-state index contributed by atoms with van der Waals surface area (Å²) in [5, 5.41) is 22.2. The number of amides is 1. The summed E-state index contributed by atoms with van der Waals surface area (Å²) < 4.78 is 5.11. The highest BCUT2D eigenvalue weighted by atomic mass is 16.6. The standard InChI is InChI=1S/C22H23N3O6/c1-23(2)11-12-24-19(15-5-4-6-16(13-15)25(29)30)18(21(27)22(24)28)20(26)14-7-9-17(31-3)10-8-14/h4-10,13,19,26H,11-12H2,1-3H3/b20-18+. The first-order valence-electron chi connectivity index (χ1n) is 9.56. The molecule has 0 bridgehead atoms. The Labute approximate surface area is 179 Å². The van der Waals surface area contributed by atoms with Gasteiger partial charge in [-0.3, -0.25) is 19.7 Å². The van der Waals surface area contributed by atoms with Crippen LogP contribution >= 0.6 is 0 Å². The fraction of sp³-hybridized carbons (Fsp3) is 0.273. The van der Waals surface area contributed by atoms with Crippen molar-refractivity contribution in [2.45, 2.75) is 6.04 Å². The van der Waals surface area contributed by atoms with Gasteiger partial charge >= 0.3 is 0 Å². The smallest absolute Gasteiger partial charge is 0.295 e. The second-order valence-electron chi connectivity index (χ2n) is 7.38. The van der Waals surface area contributed by atoms with Crippen LogP contribution in [-0.4, -0.2) is 65.8 Å². The van der Waals surface area contributed by atoms with Crippen molar-refractivity contribution in [3.05, 3.63) is 75.3 Å². The fourth-order valence-corrected chi connectivity index (χ4v) is 3.48. The summed E-state index contributed by atoms with van der Waals surface area (Å²) in [6.45, 7) is 0.686. The van der Waals surface area contributed by atoms with Crippen molar-refractivity contribution in [2.75, 3.05) is 34.3 Å². The van der Waals surface area contributed by atoms with Gasteiger partial charge in [0.2, 0.25) is 0 Å². The summed E-state index contributed by atoms with van der Waals surface area (Å²) in [4.78, 5) is 39.7. The largest absolute Gasteiger partial charge is 0.507 e. The van der Waals surface area contributed by atoms with Gasteiger partial charge in [-0.2, -0.15) is 0 Å². The SMILES string of the molecule is COc1ccc(/C(O)=C2\C(=O)C(=O)N(CCN(C)C)C2c2cccc([N+](=O)[O-])c2)cc1. The number of ketones is 1. The number of likely N-dealkylation sites (tertiary alicyclic amines) is 1. The molecule has 0 spiro atoms. The molecule has 1 aliphatic rings.